The van der Waals surface area contributed by atoms with Crippen molar-refractivity contribution >= 4 is 21.9 Å². The van der Waals surface area contributed by atoms with Crippen LogP contribution in [0.3, 0.4) is 0 Å². The highest BCUT2D eigenvalue weighted by atomic mass is 79.9. The molecule has 0 aromatic carbocycles. The van der Waals surface area contributed by atoms with Crippen LogP contribution in [0.5, 0.6) is 0 Å². The van der Waals surface area contributed by atoms with E-state index in [9.17, 15) is 4.79 Å². The minimum atomic E-state index is -0.0955. The van der Waals surface area contributed by atoms with Gasteiger partial charge in [0.1, 0.15) is 6.61 Å². The fraction of sp³-hybridized carbons (Fsp3) is 0.750. The molecule has 0 spiro atoms. The zero-order chi connectivity index (χ0) is 5.28. The van der Waals surface area contributed by atoms with E-state index >= 15 is 0 Å². The predicted molar refractivity (Wildman–Crippen MR) is 28.3 cm³/mol. The first kappa shape index (κ1) is 5.09. The summed E-state index contributed by atoms with van der Waals surface area (Å²) in [4.78, 5) is 10.5. The van der Waals surface area contributed by atoms with Crippen LogP contribution in [0.2, 0.25) is 0 Å². The number of carbonyl (C=O) groups is 1. The van der Waals surface area contributed by atoms with Crippen molar-refractivity contribution in [2.24, 2.45) is 0 Å². The van der Waals surface area contributed by atoms with Gasteiger partial charge >= 0.3 is 5.97 Å². The number of cyclic esters (lactones) is 1. The lowest BCUT2D eigenvalue weighted by Gasteiger charge is -1.85. The summed E-state index contributed by atoms with van der Waals surface area (Å²) in [6.07, 6.45) is 0.528. The molecule has 0 radical (unpaired) electrons. The maximum Gasteiger partial charge on any atom is 0.307 e. The molecule has 1 heterocycles. The van der Waals surface area contributed by atoms with Crippen LogP contribution in [-0.4, -0.2) is 17.4 Å². The minimum Gasteiger partial charge on any atom is -0.464 e. The lowest BCUT2D eigenvalue weighted by Crippen LogP contribution is -1.91. The highest BCUT2D eigenvalue weighted by Gasteiger charge is 2.19. The average molecular weight is 165 g/mol. The van der Waals surface area contributed by atoms with Gasteiger partial charge in [-0.3, -0.25) is 4.79 Å². The van der Waals surface area contributed by atoms with Crippen LogP contribution >= 0.6 is 15.9 Å². The number of rotatable bonds is 0. The molecular weight excluding hydrogens is 160 g/mol. The van der Waals surface area contributed by atoms with Crippen molar-refractivity contribution in [2.75, 3.05) is 6.61 Å². The molecular formula is C4H5BrO2. The van der Waals surface area contributed by atoms with E-state index in [0.717, 1.165) is 0 Å². The third-order valence-electron chi connectivity index (χ3n) is 0.813. The molecule has 2 nitrogen and oxygen atoms in total. The Bertz CT molecular complexity index is 91.7. The maximum absolute atomic E-state index is 10.2. The monoisotopic (exact) mass is 164 g/mol. The number of hydrogen-bond acceptors (Lipinski definition) is 2. The molecule has 1 fully saturated rings. The van der Waals surface area contributed by atoms with Crippen molar-refractivity contribution in [3.05, 3.63) is 0 Å². The zero-order valence-corrected chi connectivity index (χ0v) is 5.27. The molecule has 0 bridgehead atoms. The van der Waals surface area contributed by atoms with Gasteiger partial charge in [-0.1, -0.05) is 15.9 Å². The minimum absolute atomic E-state index is 0.0955. The van der Waals surface area contributed by atoms with Crippen LogP contribution in [0.4, 0.5) is 0 Å². The molecule has 0 N–H and O–H groups in total. The Kier molecular flexibility index (Phi) is 1.32. The summed E-state index contributed by atoms with van der Waals surface area (Å²) in [6.45, 7) is 0.541. The fourth-order valence-electron chi connectivity index (χ4n) is 0.482. The Hall–Kier alpha value is -0.0500. The summed E-state index contributed by atoms with van der Waals surface area (Å²) in [5.74, 6) is -0.0955. The summed E-state index contributed by atoms with van der Waals surface area (Å²) >= 11 is 3.23. The summed E-state index contributed by atoms with van der Waals surface area (Å²) in [6, 6.07) is 0. The van der Waals surface area contributed by atoms with Crippen LogP contribution in [0.1, 0.15) is 6.42 Å². The topological polar surface area (TPSA) is 26.3 Å². The highest BCUT2D eigenvalue weighted by Crippen LogP contribution is 2.13. The molecule has 0 aliphatic carbocycles. The number of ether oxygens (including phenoxy) is 1. The molecule has 1 rings (SSSR count). The third-order valence-corrected chi connectivity index (χ3v) is 1.40. The molecule has 7 heavy (non-hydrogen) atoms. The second-order valence-electron chi connectivity index (χ2n) is 1.48. The van der Waals surface area contributed by atoms with E-state index in [4.69, 9.17) is 0 Å². The molecule has 1 aliphatic rings. The van der Waals surface area contributed by atoms with Gasteiger partial charge in [0.2, 0.25) is 0 Å². The number of hydrogen-bond donors (Lipinski definition) is 0. The lowest BCUT2D eigenvalue weighted by molar-refractivity contribution is -0.137. The quantitative estimate of drug-likeness (QED) is 0.390. The largest absolute Gasteiger partial charge is 0.464 e. The number of halogens is 1. The van der Waals surface area contributed by atoms with Gasteiger partial charge in [0.15, 0.2) is 0 Å². The van der Waals surface area contributed by atoms with Gasteiger partial charge in [0.25, 0.3) is 0 Å². The summed E-state index contributed by atoms with van der Waals surface area (Å²) < 4.78 is 4.58. The van der Waals surface area contributed by atoms with Crippen molar-refractivity contribution in [1.82, 2.24) is 0 Å². The molecule has 0 aromatic heterocycles. The van der Waals surface area contributed by atoms with Crippen LogP contribution in [-0.2, 0) is 9.53 Å². The summed E-state index contributed by atoms with van der Waals surface area (Å²) in [7, 11) is 0. The van der Waals surface area contributed by atoms with E-state index in [1.807, 2.05) is 0 Å². The van der Waals surface area contributed by atoms with Gasteiger partial charge < -0.3 is 4.74 Å². The van der Waals surface area contributed by atoms with E-state index in [0.29, 0.717) is 13.0 Å². The fourth-order valence-corrected chi connectivity index (χ4v) is 0.879. The van der Waals surface area contributed by atoms with Gasteiger partial charge in [-0.2, -0.15) is 0 Å². The molecule has 1 aliphatic heterocycles. The Balaban J connectivity index is 2.40. The third kappa shape index (κ3) is 1.16. The van der Waals surface area contributed by atoms with Gasteiger partial charge in [-0.05, 0) is 0 Å². The van der Waals surface area contributed by atoms with Crippen molar-refractivity contribution in [3.63, 3.8) is 0 Å². The first-order valence-electron chi connectivity index (χ1n) is 2.09. The van der Waals surface area contributed by atoms with Crippen molar-refractivity contribution in [2.45, 2.75) is 11.2 Å². The van der Waals surface area contributed by atoms with Gasteiger partial charge in [-0.15, -0.1) is 0 Å². The van der Waals surface area contributed by atoms with E-state index in [2.05, 4.69) is 20.7 Å². The normalized spacial score (nSPS) is 30.4. The van der Waals surface area contributed by atoms with Crippen LogP contribution in [0.25, 0.3) is 0 Å². The first-order chi connectivity index (χ1) is 3.29. The van der Waals surface area contributed by atoms with Crippen molar-refractivity contribution in [3.8, 4) is 0 Å². The molecule has 0 saturated carbocycles. The van der Waals surface area contributed by atoms with Gasteiger partial charge in [0.05, 0.1) is 11.2 Å². The molecule has 40 valence electrons. The molecule has 0 aromatic rings. The standard InChI is InChI=1S/C4H5BrO2/c5-3-1-4(6)7-2-3/h3H,1-2H2. The summed E-state index contributed by atoms with van der Waals surface area (Å²) in [5.41, 5.74) is 0. The second kappa shape index (κ2) is 1.82. The van der Waals surface area contributed by atoms with Crippen molar-refractivity contribution in [1.29, 1.82) is 0 Å². The maximum atomic E-state index is 10.2. The zero-order valence-electron chi connectivity index (χ0n) is 3.69. The van der Waals surface area contributed by atoms with E-state index < -0.39 is 0 Å². The molecule has 3 heteroatoms. The summed E-state index contributed by atoms with van der Waals surface area (Å²) in [5, 5.41) is 0. The average Bonchev–Trinajstić information content (AvgIpc) is 1.87. The SMILES string of the molecule is O=C1CC(Br)CO1. The van der Waals surface area contributed by atoms with Crippen LogP contribution in [0, 0.1) is 0 Å². The number of carbonyl (C=O) groups excluding carboxylic acids is 1. The molecule has 1 atom stereocenters. The number of esters is 1. The van der Waals surface area contributed by atoms with Gasteiger partial charge in [-0.25, -0.2) is 0 Å². The Morgan fingerprint density at radius 1 is 1.86 bits per heavy atom. The highest BCUT2D eigenvalue weighted by molar-refractivity contribution is 9.09. The first-order valence-corrected chi connectivity index (χ1v) is 3.00. The van der Waals surface area contributed by atoms with Crippen molar-refractivity contribution < 1.29 is 9.53 Å². The smallest absolute Gasteiger partial charge is 0.307 e. The second-order valence-corrected chi connectivity index (χ2v) is 2.78. The Morgan fingerprint density at radius 2 is 2.57 bits per heavy atom. The predicted octanol–water partition coefficient (Wildman–Crippen LogP) is 0.697. The lowest BCUT2D eigenvalue weighted by atomic mass is 10.4. The van der Waals surface area contributed by atoms with E-state index in [1.54, 1.807) is 0 Å². The van der Waals surface area contributed by atoms with Crippen LogP contribution < -0.4 is 0 Å². The van der Waals surface area contributed by atoms with E-state index in [-0.39, 0.29) is 10.8 Å². The Labute approximate surface area is 50.0 Å². The molecule has 1 saturated heterocycles. The van der Waals surface area contributed by atoms with Crippen LogP contribution in [0.15, 0.2) is 0 Å². The van der Waals surface area contributed by atoms with Gasteiger partial charge in [0, 0.05) is 0 Å². The number of alkyl halides is 1. The Morgan fingerprint density at radius 3 is 2.71 bits per heavy atom. The molecule has 0 amide bonds. The molecule has 1 unspecified atom stereocenters. The van der Waals surface area contributed by atoms with E-state index in [1.165, 1.54) is 0 Å².